The maximum Gasteiger partial charge on any atom is 0.282 e. The topological polar surface area (TPSA) is 56.5 Å². The highest BCUT2D eigenvalue weighted by Crippen LogP contribution is 2.29. The molecule has 0 aliphatic carbocycles. The third kappa shape index (κ3) is 4.70. The van der Waals surface area contributed by atoms with Crippen molar-refractivity contribution in [3.05, 3.63) is 63.7 Å². The van der Waals surface area contributed by atoms with Gasteiger partial charge < -0.3 is 4.74 Å². The number of rotatable bonds is 4. The number of fused-ring (bicyclic) bond motifs is 1. The Kier molecular flexibility index (Phi) is 6.57. The number of hydrogen-bond donors (Lipinski definition) is 0. The van der Waals surface area contributed by atoms with Crippen molar-refractivity contribution in [2.45, 2.75) is 26.9 Å². The van der Waals surface area contributed by atoms with Gasteiger partial charge in [0, 0.05) is 4.47 Å². The first-order chi connectivity index (χ1) is 12.8. The lowest BCUT2D eigenvalue weighted by atomic mass is 10.2. The van der Waals surface area contributed by atoms with Crippen LogP contribution in [0.1, 0.15) is 25.2 Å². The van der Waals surface area contributed by atoms with Crippen molar-refractivity contribution < 1.29 is 4.74 Å². The molecule has 0 aliphatic rings. The Balaban J connectivity index is 2.03. The van der Waals surface area contributed by atoms with Crippen LogP contribution in [0.5, 0.6) is 5.75 Å². The molecule has 2 aromatic carbocycles. The predicted octanol–water partition coefficient (Wildman–Crippen LogP) is 5.35. The zero-order valence-electron chi connectivity index (χ0n) is 14.8. The van der Waals surface area contributed by atoms with Crippen LogP contribution in [-0.4, -0.2) is 22.0 Å². The summed E-state index contributed by atoms with van der Waals surface area (Å²) < 4.78 is 10.0. The van der Waals surface area contributed by atoms with Crippen molar-refractivity contribution in [2.24, 2.45) is 5.10 Å². The number of halogens is 3. The first-order valence-electron chi connectivity index (χ1n) is 8.15. The summed E-state index contributed by atoms with van der Waals surface area (Å²) in [7, 11) is 0. The average molecular weight is 652 g/mol. The van der Waals surface area contributed by atoms with Gasteiger partial charge in [0.05, 0.1) is 30.4 Å². The third-order valence-electron chi connectivity index (χ3n) is 3.67. The summed E-state index contributed by atoms with van der Waals surface area (Å²) in [6.45, 7) is 5.77. The van der Waals surface area contributed by atoms with Gasteiger partial charge in [0.2, 0.25) is 0 Å². The Morgan fingerprint density at radius 2 is 1.89 bits per heavy atom. The number of aromatic nitrogens is 2. The number of ether oxygens (including phenoxy) is 1. The van der Waals surface area contributed by atoms with Crippen LogP contribution in [0.15, 0.2) is 44.7 Å². The van der Waals surface area contributed by atoms with E-state index >= 15 is 0 Å². The van der Waals surface area contributed by atoms with Gasteiger partial charge in [-0.1, -0.05) is 15.9 Å². The van der Waals surface area contributed by atoms with Crippen LogP contribution >= 0.6 is 61.1 Å². The van der Waals surface area contributed by atoms with Crippen molar-refractivity contribution in [3.8, 4) is 5.75 Å². The van der Waals surface area contributed by atoms with E-state index in [0.717, 1.165) is 22.9 Å². The lowest BCUT2D eigenvalue weighted by Gasteiger charge is -2.14. The number of nitrogens with zero attached hydrogens (tertiary/aromatic N) is 3. The molecule has 0 N–H and O–H groups in total. The van der Waals surface area contributed by atoms with E-state index in [-0.39, 0.29) is 11.7 Å². The molecule has 3 aromatic rings. The molecule has 3 rings (SSSR count). The maximum atomic E-state index is 12.8. The van der Waals surface area contributed by atoms with Crippen molar-refractivity contribution in [2.75, 3.05) is 0 Å². The Bertz CT molecular complexity index is 1090. The fourth-order valence-electron chi connectivity index (χ4n) is 2.52. The fraction of sp³-hybridized carbons (Fsp3) is 0.211. The molecule has 0 aliphatic heterocycles. The molecule has 0 unspecified atom stereocenters. The van der Waals surface area contributed by atoms with Crippen molar-refractivity contribution in [1.29, 1.82) is 0 Å². The molecular formula is C19H16BrI2N3O2. The zero-order chi connectivity index (χ0) is 19.7. The maximum absolute atomic E-state index is 12.8. The quantitative estimate of drug-likeness (QED) is 0.283. The van der Waals surface area contributed by atoms with Gasteiger partial charge in [-0.15, -0.1) is 0 Å². The van der Waals surface area contributed by atoms with E-state index in [1.165, 1.54) is 4.68 Å². The van der Waals surface area contributed by atoms with Crippen LogP contribution in [0.2, 0.25) is 0 Å². The molecule has 0 bridgehead atoms. The van der Waals surface area contributed by atoms with Gasteiger partial charge in [-0.2, -0.15) is 9.78 Å². The highest BCUT2D eigenvalue weighted by atomic mass is 127. The summed E-state index contributed by atoms with van der Waals surface area (Å²) in [6.07, 6.45) is 1.78. The lowest BCUT2D eigenvalue weighted by Crippen LogP contribution is -2.20. The Hall–Kier alpha value is -1.01. The van der Waals surface area contributed by atoms with Crippen molar-refractivity contribution in [3.63, 3.8) is 0 Å². The molecule has 8 heteroatoms. The van der Waals surface area contributed by atoms with Crippen LogP contribution < -0.4 is 10.3 Å². The van der Waals surface area contributed by atoms with Crippen LogP contribution in [0.4, 0.5) is 0 Å². The van der Waals surface area contributed by atoms with E-state index in [1.807, 2.05) is 38.1 Å². The SMILES string of the molecule is Cc1nc2ccc(Br)cc2c(=O)n1N=Cc1cc(I)c(OC(C)C)c(I)c1. The first-order valence-corrected chi connectivity index (χ1v) is 11.1. The van der Waals surface area contributed by atoms with Gasteiger partial charge in [0.15, 0.2) is 0 Å². The monoisotopic (exact) mass is 651 g/mol. The number of hydrogen-bond acceptors (Lipinski definition) is 4. The van der Waals surface area contributed by atoms with Crippen molar-refractivity contribution in [1.82, 2.24) is 9.66 Å². The van der Waals surface area contributed by atoms with Gasteiger partial charge in [-0.25, -0.2) is 4.98 Å². The number of benzene rings is 2. The highest BCUT2D eigenvalue weighted by molar-refractivity contribution is 14.1. The van der Waals surface area contributed by atoms with Gasteiger partial charge in [0.1, 0.15) is 11.6 Å². The normalized spacial score (nSPS) is 11.7. The molecule has 0 fully saturated rings. The predicted molar refractivity (Wildman–Crippen MR) is 129 cm³/mol. The van der Waals surface area contributed by atoms with Crippen LogP contribution in [0.25, 0.3) is 10.9 Å². The Morgan fingerprint density at radius 3 is 2.52 bits per heavy atom. The minimum atomic E-state index is -0.195. The minimum Gasteiger partial charge on any atom is -0.489 e. The lowest BCUT2D eigenvalue weighted by molar-refractivity contribution is 0.239. The molecular weight excluding hydrogens is 636 g/mol. The molecule has 0 spiro atoms. The molecule has 0 atom stereocenters. The smallest absolute Gasteiger partial charge is 0.282 e. The third-order valence-corrected chi connectivity index (χ3v) is 5.76. The summed E-state index contributed by atoms with van der Waals surface area (Å²) in [4.78, 5) is 17.3. The van der Waals surface area contributed by atoms with E-state index in [2.05, 4.69) is 71.2 Å². The minimum absolute atomic E-state index is 0.107. The van der Waals surface area contributed by atoms with Crippen LogP contribution in [-0.2, 0) is 0 Å². The second-order valence-electron chi connectivity index (χ2n) is 6.16. The summed E-state index contributed by atoms with van der Waals surface area (Å²) >= 11 is 7.90. The molecule has 140 valence electrons. The summed E-state index contributed by atoms with van der Waals surface area (Å²) in [5.74, 6) is 1.41. The van der Waals surface area contributed by atoms with Gasteiger partial charge in [0.25, 0.3) is 5.56 Å². The molecule has 0 saturated carbocycles. The molecule has 1 heterocycles. The molecule has 27 heavy (non-hydrogen) atoms. The zero-order valence-corrected chi connectivity index (χ0v) is 20.7. The second kappa shape index (κ2) is 8.56. The Morgan fingerprint density at radius 1 is 1.22 bits per heavy atom. The molecule has 0 saturated heterocycles. The number of aryl methyl sites for hydroxylation is 1. The fourth-order valence-corrected chi connectivity index (χ4v) is 4.95. The van der Waals surface area contributed by atoms with Gasteiger partial charge in [-0.3, -0.25) is 4.79 Å². The van der Waals surface area contributed by atoms with Crippen molar-refractivity contribution >= 4 is 78.2 Å². The molecule has 0 amide bonds. The summed E-state index contributed by atoms with van der Waals surface area (Å²) in [6, 6.07) is 9.41. The van der Waals surface area contributed by atoms with E-state index in [0.29, 0.717) is 16.7 Å². The van der Waals surface area contributed by atoms with Crippen LogP contribution in [0.3, 0.4) is 0 Å². The average Bonchev–Trinajstić information content (AvgIpc) is 2.58. The van der Waals surface area contributed by atoms with Gasteiger partial charge in [-0.05, 0) is 102 Å². The second-order valence-corrected chi connectivity index (χ2v) is 9.40. The summed E-state index contributed by atoms with van der Waals surface area (Å²) in [5.41, 5.74) is 1.35. The molecule has 1 aromatic heterocycles. The standard InChI is InChI=1S/C19H16BrI2N3O2/c1-10(2)27-18-15(21)6-12(7-16(18)22)9-23-25-11(3)24-17-5-4-13(20)8-14(17)19(25)26/h4-10H,1-3H3. The van der Waals surface area contributed by atoms with Crippen LogP contribution in [0, 0.1) is 14.1 Å². The molecule has 0 radical (unpaired) electrons. The van der Waals surface area contributed by atoms with Gasteiger partial charge >= 0.3 is 0 Å². The Labute approximate surface area is 192 Å². The first kappa shape index (κ1) is 20.7. The summed E-state index contributed by atoms with van der Waals surface area (Å²) in [5, 5.41) is 4.91. The van der Waals surface area contributed by atoms with E-state index in [4.69, 9.17) is 4.74 Å². The van der Waals surface area contributed by atoms with E-state index < -0.39 is 0 Å². The highest BCUT2D eigenvalue weighted by Gasteiger charge is 2.11. The molecule has 5 nitrogen and oxygen atoms in total. The van der Waals surface area contributed by atoms with E-state index in [1.54, 1.807) is 19.2 Å². The van der Waals surface area contributed by atoms with E-state index in [9.17, 15) is 4.79 Å². The largest absolute Gasteiger partial charge is 0.489 e.